The molecular formula is C14H24N6S. The number of anilines is 3. The average molecular weight is 308 g/mol. The van der Waals surface area contributed by atoms with Gasteiger partial charge in [-0.25, -0.2) is 0 Å². The number of piperidine rings is 1. The van der Waals surface area contributed by atoms with Gasteiger partial charge in [0.25, 0.3) is 0 Å². The molecule has 7 heteroatoms. The van der Waals surface area contributed by atoms with Crippen LogP contribution in [-0.4, -0.2) is 59.7 Å². The molecule has 0 radical (unpaired) electrons. The van der Waals surface area contributed by atoms with Gasteiger partial charge in [0.05, 0.1) is 0 Å². The van der Waals surface area contributed by atoms with Crippen molar-refractivity contribution in [3.63, 3.8) is 0 Å². The van der Waals surface area contributed by atoms with Crippen molar-refractivity contribution in [1.29, 1.82) is 0 Å². The van der Waals surface area contributed by atoms with Gasteiger partial charge in [0, 0.05) is 39.0 Å². The molecular weight excluding hydrogens is 284 g/mol. The monoisotopic (exact) mass is 308 g/mol. The highest BCUT2D eigenvalue weighted by atomic mass is 32.2. The maximum atomic E-state index is 4.73. The van der Waals surface area contributed by atoms with Crippen LogP contribution in [0.15, 0.2) is 0 Å². The first-order valence-electron chi connectivity index (χ1n) is 7.77. The minimum atomic E-state index is 0.538. The van der Waals surface area contributed by atoms with Crippen molar-refractivity contribution in [2.24, 2.45) is 0 Å². The minimum Gasteiger partial charge on any atom is -0.357 e. The number of hydrogen-bond donors (Lipinski definition) is 1. The Labute approximate surface area is 130 Å². The van der Waals surface area contributed by atoms with E-state index in [4.69, 9.17) is 4.98 Å². The maximum Gasteiger partial charge on any atom is 0.231 e. The Bertz CT molecular complexity index is 471. The molecule has 0 amide bonds. The predicted molar refractivity (Wildman–Crippen MR) is 89.6 cm³/mol. The summed E-state index contributed by atoms with van der Waals surface area (Å²) >= 11 is 2.01. The van der Waals surface area contributed by atoms with Crippen LogP contribution in [0.4, 0.5) is 17.8 Å². The Hall–Kier alpha value is -1.24. The van der Waals surface area contributed by atoms with Crippen LogP contribution < -0.4 is 15.1 Å². The summed E-state index contributed by atoms with van der Waals surface area (Å²) in [5, 5.41) is 3.07. The van der Waals surface area contributed by atoms with E-state index in [2.05, 4.69) is 32.1 Å². The van der Waals surface area contributed by atoms with Gasteiger partial charge in [0.1, 0.15) is 0 Å². The maximum absolute atomic E-state index is 4.73. The largest absolute Gasteiger partial charge is 0.357 e. The van der Waals surface area contributed by atoms with Crippen molar-refractivity contribution in [1.82, 2.24) is 15.0 Å². The first-order chi connectivity index (χ1) is 10.3. The van der Waals surface area contributed by atoms with Gasteiger partial charge < -0.3 is 15.1 Å². The zero-order valence-electron chi connectivity index (χ0n) is 12.9. The number of thioether (sulfide) groups is 1. The molecule has 1 aromatic rings. The fourth-order valence-electron chi connectivity index (χ4n) is 2.85. The van der Waals surface area contributed by atoms with Crippen LogP contribution in [0.3, 0.4) is 0 Å². The third-order valence-corrected chi connectivity index (χ3v) is 5.39. The van der Waals surface area contributed by atoms with Crippen LogP contribution in [0.1, 0.15) is 25.7 Å². The van der Waals surface area contributed by atoms with Gasteiger partial charge in [-0.05, 0) is 31.4 Å². The fourth-order valence-corrected chi connectivity index (χ4v) is 4.12. The summed E-state index contributed by atoms with van der Waals surface area (Å²) in [5.41, 5.74) is 0. The van der Waals surface area contributed by atoms with E-state index >= 15 is 0 Å². The minimum absolute atomic E-state index is 0.538. The molecule has 3 heterocycles. The third-order valence-electron chi connectivity index (χ3n) is 4.24. The summed E-state index contributed by atoms with van der Waals surface area (Å²) in [7, 11) is 3.97. The summed E-state index contributed by atoms with van der Waals surface area (Å²) in [6.07, 6.45) is 4.98. The van der Waals surface area contributed by atoms with E-state index in [0.29, 0.717) is 12.0 Å². The molecule has 0 saturated carbocycles. The van der Waals surface area contributed by atoms with E-state index in [0.717, 1.165) is 30.7 Å². The lowest BCUT2D eigenvalue weighted by atomic mass is 10.1. The number of aromatic nitrogens is 3. The van der Waals surface area contributed by atoms with Gasteiger partial charge in [0.2, 0.25) is 17.8 Å². The van der Waals surface area contributed by atoms with E-state index in [1.165, 1.54) is 31.4 Å². The summed E-state index contributed by atoms with van der Waals surface area (Å²) in [5.74, 6) is 4.68. The molecule has 21 heavy (non-hydrogen) atoms. The second-order valence-electron chi connectivity index (χ2n) is 5.69. The summed E-state index contributed by atoms with van der Waals surface area (Å²) in [4.78, 5) is 18.3. The first-order valence-corrected chi connectivity index (χ1v) is 8.93. The van der Waals surface area contributed by atoms with Crippen LogP contribution in [-0.2, 0) is 0 Å². The molecule has 2 aliphatic heterocycles. The summed E-state index contributed by atoms with van der Waals surface area (Å²) in [6.45, 7) is 2.10. The number of rotatable bonds is 4. The molecule has 1 unspecified atom stereocenters. The Morgan fingerprint density at radius 3 is 2.67 bits per heavy atom. The Kier molecular flexibility index (Phi) is 4.67. The molecule has 0 bridgehead atoms. The molecule has 0 spiro atoms. The van der Waals surface area contributed by atoms with Crippen molar-refractivity contribution < 1.29 is 0 Å². The Morgan fingerprint density at radius 1 is 1.19 bits per heavy atom. The lowest BCUT2D eigenvalue weighted by Gasteiger charge is -2.29. The lowest BCUT2D eigenvalue weighted by Crippen LogP contribution is -2.35. The average Bonchev–Trinajstić information content (AvgIpc) is 3.09. The van der Waals surface area contributed by atoms with Gasteiger partial charge in [-0.1, -0.05) is 0 Å². The Morgan fingerprint density at radius 2 is 2.00 bits per heavy atom. The topological polar surface area (TPSA) is 57.2 Å². The van der Waals surface area contributed by atoms with Crippen molar-refractivity contribution >= 4 is 29.6 Å². The van der Waals surface area contributed by atoms with Crippen molar-refractivity contribution in [2.75, 3.05) is 53.8 Å². The number of hydrogen-bond acceptors (Lipinski definition) is 7. The molecule has 1 N–H and O–H groups in total. The van der Waals surface area contributed by atoms with Gasteiger partial charge in [0.15, 0.2) is 0 Å². The zero-order valence-corrected chi connectivity index (χ0v) is 13.7. The summed E-state index contributed by atoms with van der Waals surface area (Å²) in [6, 6.07) is 0.538. The number of nitrogens with one attached hydrogen (secondary N) is 1. The lowest BCUT2D eigenvalue weighted by molar-refractivity contribution is 0.566. The fraction of sp³-hybridized carbons (Fsp3) is 0.786. The predicted octanol–water partition coefficient (Wildman–Crippen LogP) is 1.85. The Balaban J connectivity index is 1.84. The first kappa shape index (κ1) is 14.7. The highest BCUT2D eigenvalue weighted by Gasteiger charge is 2.24. The molecule has 0 aromatic carbocycles. The molecule has 116 valence electrons. The highest BCUT2D eigenvalue weighted by molar-refractivity contribution is 7.99. The molecule has 1 atom stereocenters. The SMILES string of the molecule is CNc1nc(N2CCCCC2)nc(N(C)C2CCSC2)n1. The van der Waals surface area contributed by atoms with Crippen molar-refractivity contribution in [3.05, 3.63) is 0 Å². The molecule has 2 saturated heterocycles. The molecule has 1 aromatic heterocycles. The van der Waals surface area contributed by atoms with Crippen LogP contribution >= 0.6 is 11.8 Å². The van der Waals surface area contributed by atoms with Gasteiger partial charge >= 0.3 is 0 Å². The van der Waals surface area contributed by atoms with Crippen LogP contribution in [0.2, 0.25) is 0 Å². The van der Waals surface area contributed by atoms with Crippen LogP contribution in [0.5, 0.6) is 0 Å². The quantitative estimate of drug-likeness (QED) is 0.911. The molecule has 2 fully saturated rings. The smallest absolute Gasteiger partial charge is 0.231 e. The summed E-state index contributed by atoms with van der Waals surface area (Å²) < 4.78 is 0. The molecule has 0 aliphatic carbocycles. The zero-order chi connectivity index (χ0) is 14.7. The normalized spacial score (nSPS) is 22.4. The van der Waals surface area contributed by atoms with E-state index in [1.54, 1.807) is 0 Å². The van der Waals surface area contributed by atoms with Gasteiger partial charge in [-0.15, -0.1) is 0 Å². The molecule has 2 aliphatic rings. The molecule has 6 nitrogen and oxygen atoms in total. The van der Waals surface area contributed by atoms with Crippen LogP contribution in [0, 0.1) is 0 Å². The highest BCUT2D eigenvalue weighted by Crippen LogP contribution is 2.26. The van der Waals surface area contributed by atoms with E-state index in [9.17, 15) is 0 Å². The van der Waals surface area contributed by atoms with Crippen LogP contribution in [0.25, 0.3) is 0 Å². The van der Waals surface area contributed by atoms with E-state index in [-0.39, 0.29) is 0 Å². The van der Waals surface area contributed by atoms with Gasteiger partial charge in [-0.2, -0.15) is 26.7 Å². The van der Waals surface area contributed by atoms with Crippen molar-refractivity contribution in [2.45, 2.75) is 31.7 Å². The standard InChI is InChI=1S/C14H24N6S/c1-15-12-16-13(19(2)11-6-9-21-10-11)18-14(17-12)20-7-4-3-5-8-20/h11H,3-10H2,1-2H3,(H,15,16,17,18). The van der Waals surface area contributed by atoms with E-state index < -0.39 is 0 Å². The third kappa shape index (κ3) is 3.33. The number of nitrogens with zero attached hydrogens (tertiary/aromatic N) is 5. The van der Waals surface area contributed by atoms with E-state index in [1.807, 2.05) is 18.8 Å². The van der Waals surface area contributed by atoms with Crippen molar-refractivity contribution in [3.8, 4) is 0 Å². The second kappa shape index (κ2) is 6.68. The van der Waals surface area contributed by atoms with Gasteiger partial charge in [-0.3, -0.25) is 0 Å². The molecule has 3 rings (SSSR count). The second-order valence-corrected chi connectivity index (χ2v) is 6.83.